The summed E-state index contributed by atoms with van der Waals surface area (Å²) in [7, 11) is 7.82. The van der Waals surface area contributed by atoms with E-state index in [0.29, 0.717) is 25.4 Å². The summed E-state index contributed by atoms with van der Waals surface area (Å²) in [5.74, 6) is -0.331. The van der Waals surface area contributed by atoms with Crippen molar-refractivity contribution in [3.63, 3.8) is 0 Å². The van der Waals surface area contributed by atoms with Crippen LogP contribution in [0.25, 0.3) is 0 Å². The van der Waals surface area contributed by atoms with Gasteiger partial charge in [0, 0.05) is 0 Å². The molecule has 0 bridgehead atoms. The van der Waals surface area contributed by atoms with Crippen molar-refractivity contribution in [3.8, 4) is 0 Å². The van der Waals surface area contributed by atoms with Gasteiger partial charge in [-0.1, -0.05) is 0 Å². The molecule has 6 heteroatoms. The van der Waals surface area contributed by atoms with Crippen LogP contribution in [0.15, 0.2) is 24.3 Å². The van der Waals surface area contributed by atoms with Gasteiger partial charge in [0.25, 0.3) is 0 Å². The molecular formula is C13H18ClO4Sb. The average molecular weight is 395 g/mol. The van der Waals surface area contributed by atoms with Crippen molar-refractivity contribution < 1.29 is 19.0 Å². The van der Waals surface area contributed by atoms with Crippen LogP contribution in [0.5, 0.6) is 0 Å². The van der Waals surface area contributed by atoms with Crippen molar-refractivity contribution in [2.24, 2.45) is 0 Å². The van der Waals surface area contributed by atoms with Crippen LogP contribution in [0.3, 0.4) is 0 Å². The molecule has 1 rings (SSSR count). The zero-order valence-electron chi connectivity index (χ0n) is 11.1. The van der Waals surface area contributed by atoms with Gasteiger partial charge in [0.05, 0.1) is 0 Å². The van der Waals surface area contributed by atoms with Crippen molar-refractivity contribution in [1.29, 1.82) is 0 Å². The molecule has 106 valence electrons. The molecule has 0 spiro atoms. The number of rotatable bonds is 8. The third-order valence-electron chi connectivity index (χ3n) is 2.35. The van der Waals surface area contributed by atoms with Crippen LogP contribution in [0, 0.1) is 0 Å². The Morgan fingerprint density at radius 1 is 1.21 bits per heavy atom. The first-order valence-electron chi connectivity index (χ1n) is 5.89. The van der Waals surface area contributed by atoms with E-state index < -0.39 is 19.1 Å². The first-order chi connectivity index (χ1) is 9.16. The Balaban J connectivity index is 2.41. The van der Waals surface area contributed by atoms with E-state index in [9.17, 15) is 4.79 Å². The standard InChI is InChI=1S/C12H15O4.CH3.ClH.Sb/c1-14-7-8-15-9-10-16-12(13)11-5-3-2-4-6-11;;;/h2-5H,7-10H2,1H3;1H3;1H;/q;;;+1/p-1. The zero-order valence-corrected chi connectivity index (χ0v) is 14.4. The number of carbonyl (C=O) groups is 1. The molecule has 0 aliphatic heterocycles. The van der Waals surface area contributed by atoms with Crippen LogP contribution in [-0.4, -0.2) is 58.6 Å². The molecule has 1 aromatic rings. The molecule has 0 amide bonds. The fourth-order valence-corrected chi connectivity index (χ4v) is 4.67. The van der Waals surface area contributed by atoms with E-state index in [1.54, 1.807) is 13.2 Å². The van der Waals surface area contributed by atoms with Gasteiger partial charge in [-0.05, 0) is 0 Å². The number of benzene rings is 1. The second-order valence-electron chi connectivity index (χ2n) is 3.74. The van der Waals surface area contributed by atoms with Gasteiger partial charge in [0.2, 0.25) is 0 Å². The Hall–Kier alpha value is -0.282. The Labute approximate surface area is 124 Å². The van der Waals surface area contributed by atoms with Gasteiger partial charge < -0.3 is 0 Å². The molecule has 0 saturated carbocycles. The third-order valence-corrected chi connectivity index (χ3v) is 6.58. The molecule has 0 aromatic heterocycles. The van der Waals surface area contributed by atoms with E-state index in [1.165, 1.54) is 0 Å². The number of carbonyl (C=O) groups excluding carboxylic acids is 1. The van der Waals surface area contributed by atoms with Crippen molar-refractivity contribution in [3.05, 3.63) is 29.8 Å². The van der Waals surface area contributed by atoms with Crippen molar-refractivity contribution in [2.75, 3.05) is 33.5 Å². The summed E-state index contributed by atoms with van der Waals surface area (Å²) in [5, 5.41) is 0. The average Bonchev–Trinajstić information content (AvgIpc) is 2.42. The van der Waals surface area contributed by atoms with E-state index in [4.69, 9.17) is 23.0 Å². The molecule has 19 heavy (non-hydrogen) atoms. The molecule has 0 unspecified atom stereocenters. The first kappa shape index (κ1) is 16.8. The topological polar surface area (TPSA) is 44.8 Å². The summed E-state index contributed by atoms with van der Waals surface area (Å²) >= 11 is -1.98. The maximum absolute atomic E-state index is 11.9. The first-order valence-corrected chi connectivity index (χ1v) is 13.0. The molecule has 0 N–H and O–H groups in total. The van der Waals surface area contributed by atoms with Gasteiger partial charge in [-0.2, -0.15) is 0 Å². The molecule has 4 nitrogen and oxygen atoms in total. The molecular weight excluding hydrogens is 377 g/mol. The van der Waals surface area contributed by atoms with Crippen LogP contribution in [-0.2, 0) is 14.2 Å². The second kappa shape index (κ2) is 9.60. The number of esters is 1. The molecule has 0 fully saturated rings. The summed E-state index contributed by atoms with van der Waals surface area (Å²) in [6, 6.07) is 7.37. The van der Waals surface area contributed by atoms with E-state index in [2.05, 4.69) is 0 Å². The van der Waals surface area contributed by atoms with Crippen molar-refractivity contribution in [2.45, 2.75) is 4.87 Å². The number of hydrogen-bond acceptors (Lipinski definition) is 4. The van der Waals surface area contributed by atoms with Crippen LogP contribution in [0.4, 0.5) is 0 Å². The number of halogens is 1. The number of ether oxygens (including phenoxy) is 3. The van der Waals surface area contributed by atoms with Crippen LogP contribution < -0.4 is 3.51 Å². The van der Waals surface area contributed by atoms with Crippen LogP contribution in [0.2, 0.25) is 4.87 Å². The molecule has 0 heterocycles. The fourth-order valence-electron chi connectivity index (χ4n) is 1.43. The zero-order chi connectivity index (χ0) is 14.1. The van der Waals surface area contributed by atoms with E-state index >= 15 is 0 Å². The Bertz CT molecular complexity index is 398. The molecule has 1 aromatic carbocycles. The maximum atomic E-state index is 11.9. The minimum absolute atomic E-state index is 0.236. The summed E-state index contributed by atoms with van der Waals surface area (Å²) in [4.78, 5) is 13.9. The van der Waals surface area contributed by atoms with E-state index in [0.717, 1.165) is 3.51 Å². The molecule has 0 radical (unpaired) electrons. The molecule has 0 aliphatic carbocycles. The SMILES string of the molecule is COCCOCCOC(=O)c1cccc[c]1[Sb]([CH3])[Cl]. The fraction of sp³-hybridized carbons (Fsp3) is 0.462. The summed E-state index contributed by atoms with van der Waals surface area (Å²) in [5.41, 5.74) is 0.583. The summed E-state index contributed by atoms with van der Waals surface area (Å²) < 4.78 is 16.2. The summed E-state index contributed by atoms with van der Waals surface area (Å²) in [6.07, 6.45) is 0. The van der Waals surface area contributed by atoms with Crippen LogP contribution in [0.1, 0.15) is 10.4 Å². The van der Waals surface area contributed by atoms with Gasteiger partial charge >= 0.3 is 125 Å². The predicted octanol–water partition coefficient (Wildman–Crippen LogP) is 1.57. The van der Waals surface area contributed by atoms with Gasteiger partial charge in [0.15, 0.2) is 0 Å². The van der Waals surface area contributed by atoms with E-state index in [-0.39, 0.29) is 12.6 Å². The van der Waals surface area contributed by atoms with Gasteiger partial charge in [-0.3, -0.25) is 0 Å². The van der Waals surface area contributed by atoms with E-state index in [1.807, 2.05) is 23.1 Å². The number of hydrogen-bond donors (Lipinski definition) is 0. The minimum atomic E-state index is -1.98. The van der Waals surface area contributed by atoms with Crippen molar-refractivity contribution in [1.82, 2.24) is 0 Å². The van der Waals surface area contributed by atoms with Gasteiger partial charge in [-0.15, -0.1) is 0 Å². The van der Waals surface area contributed by atoms with Crippen molar-refractivity contribution >= 4 is 37.4 Å². The molecule has 0 atom stereocenters. The Morgan fingerprint density at radius 2 is 1.89 bits per heavy atom. The molecule has 0 aliphatic rings. The summed E-state index contributed by atoms with van der Waals surface area (Å²) in [6.45, 7) is 1.64. The normalized spacial score (nSPS) is 10.7. The third kappa shape index (κ3) is 6.13. The Kier molecular flexibility index (Phi) is 8.47. The molecule has 0 saturated heterocycles. The van der Waals surface area contributed by atoms with Crippen LogP contribution >= 0.6 is 8.83 Å². The quantitative estimate of drug-likeness (QED) is 0.381. The second-order valence-corrected chi connectivity index (χ2v) is 11.2. The van der Waals surface area contributed by atoms with Gasteiger partial charge in [-0.25, -0.2) is 0 Å². The number of methoxy groups -OCH3 is 1. The monoisotopic (exact) mass is 394 g/mol. The van der Waals surface area contributed by atoms with Gasteiger partial charge in [0.1, 0.15) is 0 Å². The predicted molar refractivity (Wildman–Crippen MR) is 76.5 cm³/mol. The Morgan fingerprint density at radius 3 is 2.58 bits per heavy atom.